The van der Waals surface area contributed by atoms with E-state index < -0.39 is 0 Å². The molecule has 0 saturated carbocycles. The maximum atomic E-state index is 5.96. The smallest absolute Gasteiger partial charge is 0.0424 e. The van der Waals surface area contributed by atoms with Crippen LogP contribution in [-0.4, -0.2) is 0 Å². The highest BCUT2D eigenvalue weighted by atomic mass is 35.5. The summed E-state index contributed by atoms with van der Waals surface area (Å²) < 4.78 is 0. The third-order valence-corrected chi connectivity index (χ3v) is 4.36. The number of thiophene rings is 1. The van der Waals surface area contributed by atoms with Gasteiger partial charge in [-0.15, -0.1) is 11.3 Å². The van der Waals surface area contributed by atoms with E-state index in [2.05, 4.69) is 25.2 Å². The molecule has 0 fully saturated rings. The molecular formula is C14H15Cl2NS. The molecule has 1 nitrogen and oxygen atoms in total. The highest BCUT2D eigenvalue weighted by Gasteiger charge is 2.02. The minimum absolute atomic E-state index is 0.683. The quantitative estimate of drug-likeness (QED) is 0.841. The van der Waals surface area contributed by atoms with Crippen LogP contribution in [0.3, 0.4) is 0 Å². The van der Waals surface area contributed by atoms with Gasteiger partial charge in [0.15, 0.2) is 0 Å². The summed E-state index contributed by atoms with van der Waals surface area (Å²) in [5, 5.41) is 4.77. The molecule has 4 heteroatoms. The van der Waals surface area contributed by atoms with Crippen molar-refractivity contribution in [2.45, 2.75) is 26.9 Å². The third-order valence-electron chi connectivity index (χ3n) is 2.77. The molecule has 0 radical (unpaired) electrons. The minimum Gasteiger partial charge on any atom is -0.308 e. The van der Waals surface area contributed by atoms with Gasteiger partial charge in [0.2, 0.25) is 0 Å². The maximum absolute atomic E-state index is 5.96. The number of aryl methyl sites for hydroxylation is 2. The van der Waals surface area contributed by atoms with E-state index in [9.17, 15) is 0 Å². The molecule has 1 heterocycles. The number of halogens is 2. The van der Waals surface area contributed by atoms with Crippen molar-refractivity contribution in [2.24, 2.45) is 0 Å². The van der Waals surface area contributed by atoms with Gasteiger partial charge in [0.25, 0.3) is 0 Å². The first-order chi connectivity index (χ1) is 8.54. The van der Waals surface area contributed by atoms with Crippen molar-refractivity contribution in [3.63, 3.8) is 0 Å². The predicted octanol–water partition coefficient (Wildman–Crippen LogP) is 4.96. The molecule has 0 saturated heterocycles. The second kappa shape index (κ2) is 6.07. The Morgan fingerprint density at radius 2 is 1.67 bits per heavy atom. The first-order valence-electron chi connectivity index (χ1n) is 5.76. The molecule has 96 valence electrons. The van der Waals surface area contributed by atoms with E-state index in [1.807, 2.05) is 23.5 Å². The molecule has 18 heavy (non-hydrogen) atoms. The summed E-state index contributed by atoms with van der Waals surface area (Å²) in [7, 11) is 0. The van der Waals surface area contributed by atoms with Crippen molar-refractivity contribution < 1.29 is 0 Å². The van der Waals surface area contributed by atoms with Crippen LogP contribution < -0.4 is 5.32 Å². The summed E-state index contributed by atoms with van der Waals surface area (Å²) in [6.45, 7) is 5.95. The second-order valence-electron chi connectivity index (χ2n) is 4.33. The van der Waals surface area contributed by atoms with Crippen molar-refractivity contribution >= 4 is 34.5 Å². The van der Waals surface area contributed by atoms with E-state index in [0.29, 0.717) is 10.0 Å². The number of hydrogen-bond acceptors (Lipinski definition) is 2. The van der Waals surface area contributed by atoms with E-state index in [1.54, 1.807) is 6.07 Å². The molecule has 0 aliphatic carbocycles. The maximum Gasteiger partial charge on any atom is 0.0424 e. The Hall–Kier alpha value is -0.540. The van der Waals surface area contributed by atoms with Gasteiger partial charge in [-0.25, -0.2) is 0 Å². The van der Waals surface area contributed by atoms with E-state index in [1.165, 1.54) is 15.3 Å². The topological polar surface area (TPSA) is 12.0 Å². The Morgan fingerprint density at radius 1 is 1.00 bits per heavy atom. The van der Waals surface area contributed by atoms with Crippen LogP contribution in [0.5, 0.6) is 0 Å². The third kappa shape index (κ3) is 3.72. The van der Waals surface area contributed by atoms with Crippen LogP contribution in [0, 0.1) is 13.8 Å². The fourth-order valence-electron chi connectivity index (χ4n) is 1.78. The monoisotopic (exact) mass is 299 g/mol. The molecule has 2 aromatic rings. The average molecular weight is 300 g/mol. The first-order valence-corrected chi connectivity index (χ1v) is 7.33. The highest BCUT2D eigenvalue weighted by molar-refractivity contribution is 7.12. The predicted molar refractivity (Wildman–Crippen MR) is 80.8 cm³/mol. The summed E-state index contributed by atoms with van der Waals surface area (Å²) >= 11 is 13.8. The van der Waals surface area contributed by atoms with Gasteiger partial charge in [-0.05, 0) is 49.2 Å². The summed E-state index contributed by atoms with van der Waals surface area (Å²) in [6.07, 6.45) is 0. The van der Waals surface area contributed by atoms with Crippen molar-refractivity contribution in [3.05, 3.63) is 55.2 Å². The zero-order chi connectivity index (χ0) is 13.1. The van der Waals surface area contributed by atoms with Crippen molar-refractivity contribution in [2.75, 3.05) is 0 Å². The van der Waals surface area contributed by atoms with Crippen LogP contribution >= 0.6 is 34.5 Å². The zero-order valence-electron chi connectivity index (χ0n) is 10.4. The van der Waals surface area contributed by atoms with Gasteiger partial charge in [-0.2, -0.15) is 0 Å². The fourth-order valence-corrected chi connectivity index (χ4v) is 3.37. The normalized spacial score (nSPS) is 10.9. The standard InChI is InChI=1S/C14H15Cl2NS/c1-9-3-14(18-10(9)2)8-17-7-11-4-12(15)6-13(16)5-11/h3-6,17H,7-8H2,1-2H3. The zero-order valence-corrected chi connectivity index (χ0v) is 12.7. The molecule has 1 aromatic carbocycles. The lowest BCUT2D eigenvalue weighted by atomic mass is 10.2. The Balaban J connectivity index is 1.92. The van der Waals surface area contributed by atoms with Gasteiger partial charge < -0.3 is 5.32 Å². The number of rotatable bonds is 4. The second-order valence-corrected chi connectivity index (χ2v) is 6.55. The largest absolute Gasteiger partial charge is 0.308 e. The van der Waals surface area contributed by atoms with Gasteiger partial charge in [0.1, 0.15) is 0 Å². The van der Waals surface area contributed by atoms with Crippen molar-refractivity contribution in [3.8, 4) is 0 Å². The summed E-state index contributed by atoms with van der Waals surface area (Å²) in [5.74, 6) is 0. The van der Waals surface area contributed by atoms with Gasteiger partial charge in [-0.3, -0.25) is 0 Å². The SMILES string of the molecule is Cc1cc(CNCc2cc(Cl)cc(Cl)c2)sc1C. The van der Waals surface area contributed by atoms with Gasteiger partial charge in [-0.1, -0.05) is 23.2 Å². The molecule has 2 rings (SSSR count). The molecule has 0 amide bonds. The Labute approximate surface area is 122 Å². The highest BCUT2D eigenvalue weighted by Crippen LogP contribution is 2.21. The molecule has 1 N–H and O–H groups in total. The van der Waals surface area contributed by atoms with E-state index >= 15 is 0 Å². The molecule has 1 aromatic heterocycles. The number of nitrogens with one attached hydrogen (secondary N) is 1. The van der Waals surface area contributed by atoms with Gasteiger partial charge in [0, 0.05) is 32.9 Å². The summed E-state index contributed by atoms with van der Waals surface area (Å²) in [6, 6.07) is 7.85. The Bertz CT molecular complexity index is 509. The summed E-state index contributed by atoms with van der Waals surface area (Å²) in [5.41, 5.74) is 2.47. The molecule has 0 bridgehead atoms. The lowest BCUT2D eigenvalue weighted by Gasteiger charge is -2.04. The van der Waals surface area contributed by atoms with Crippen LogP contribution in [-0.2, 0) is 13.1 Å². The van der Waals surface area contributed by atoms with Gasteiger partial charge >= 0.3 is 0 Å². The first kappa shape index (κ1) is 13.9. The van der Waals surface area contributed by atoms with Crippen LogP contribution in [0.1, 0.15) is 20.9 Å². The average Bonchev–Trinajstić information content (AvgIpc) is 2.57. The Morgan fingerprint density at radius 3 is 2.22 bits per heavy atom. The Kier molecular flexibility index (Phi) is 4.68. The van der Waals surface area contributed by atoms with E-state index in [4.69, 9.17) is 23.2 Å². The van der Waals surface area contributed by atoms with E-state index in [-0.39, 0.29) is 0 Å². The number of benzene rings is 1. The van der Waals surface area contributed by atoms with Crippen LogP contribution in [0.2, 0.25) is 10.0 Å². The molecule has 0 unspecified atom stereocenters. The van der Waals surface area contributed by atoms with E-state index in [0.717, 1.165) is 18.7 Å². The van der Waals surface area contributed by atoms with Crippen LogP contribution in [0.25, 0.3) is 0 Å². The van der Waals surface area contributed by atoms with Gasteiger partial charge in [0.05, 0.1) is 0 Å². The van der Waals surface area contributed by atoms with Crippen molar-refractivity contribution in [1.29, 1.82) is 0 Å². The molecule has 0 aliphatic rings. The molecule has 0 spiro atoms. The van der Waals surface area contributed by atoms with Crippen LogP contribution in [0.15, 0.2) is 24.3 Å². The van der Waals surface area contributed by atoms with Crippen molar-refractivity contribution in [1.82, 2.24) is 5.32 Å². The molecule has 0 aliphatic heterocycles. The number of hydrogen-bond donors (Lipinski definition) is 1. The molecule has 0 atom stereocenters. The lowest BCUT2D eigenvalue weighted by molar-refractivity contribution is 0.701. The lowest BCUT2D eigenvalue weighted by Crippen LogP contribution is -2.11. The summed E-state index contributed by atoms with van der Waals surface area (Å²) in [4.78, 5) is 2.75. The fraction of sp³-hybridized carbons (Fsp3) is 0.286. The molecular weight excluding hydrogens is 285 g/mol. The minimum atomic E-state index is 0.683. The van der Waals surface area contributed by atoms with Crippen LogP contribution in [0.4, 0.5) is 0 Å².